The Morgan fingerprint density at radius 2 is 1.80 bits per heavy atom. The Morgan fingerprint density at radius 3 is 2.64 bits per heavy atom. The van der Waals surface area contributed by atoms with Gasteiger partial charge in [0.15, 0.2) is 5.13 Å². The molecule has 0 unspecified atom stereocenters. The van der Waals surface area contributed by atoms with Gasteiger partial charge in [-0.2, -0.15) is 0 Å². The highest BCUT2D eigenvalue weighted by atomic mass is 32.1. The number of nitrogens with zero attached hydrogens (tertiary/aromatic N) is 1. The van der Waals surface area contributed by atoms with Gasteiger partial charge >= 0.3 is 0 Å². The number of aromatic nitrogens is 2. The summed E-state index contributed by atoms with van der Waals surface area (Å²) in [6.45, 7) is 0. The summed E-state index contributed by atoms with van der Waals surface area (Å²) in [5, 5.41) is 5.83. The first-order chi connectivity index (χ1) is 12.2. The Balaban J connectivity index is 1.61. The van der Waals surface area contributed by atoms with Crippen LogP contribution < -0.4 is 10.9 Å². The molecule has 4 aromatic rings. The van der Waals surface area contributed by atoms with Gasteiger partial charge in [0, 0.05) is 16.5 Å². The molecule has 2 aromatic heterocycles. The van der Waals surface area contributed by atoms with Gasteiger partial charge in [-0.25, -0.2) is 4.98 Å². The number of aromatic amines is 1. The van der Waals surface area contributed by atoms with E-state index in [0.29, 0.717) is 10.6 Å². The van der Waals surface area contributed by atoms with Crippen LogP contribution >= 0.6 is 11.3 Å². The molecule has 0 atom stereocenters. The highest BCUT2D eigenvalue weighted by Gasteiger charge is 2.14. The lowest BCUT2D eigenvalue weighted by atomic mass is 10.1. The molecule has 0 aliphatic rings. The van der Waals surface area contributed by atoms with Crippen molar-refractivity contribution in [3.8, 4) is 11.3 Å². The molecule has 4 rings (SSSR count). The number of fused-ring (bicyclic) bond motifs is 1. The van der Waals surface area contributed by atoms with Gasteiger partial charge in [-0.15, -0.1) is 11.3 Å². The minimum Gasteiger partial charge on any atom is -0.321 e. The Hall–Kier alpha value is -3.25. The van der Waals surface area contributed by atoms with Crippen molar-refractivity contribution in [2.45, 2.75) is 0 Å². The Labute approximate surface area is 147 Å². The van der Waals surface area contributed by atoms with Crippen LogP contribution in [0.5, 0.6) is 0 Å². The zero-order valence-corrected chi connectivity index (χ0v) is 13.8. The molecule has 0 bridgehead atoms. The minimum absolute atomic E-state index is 0.0650. The summed E-state index contributed by atoms with van der Waals surface area (Å²) < 4.78 is 0. The van der Waals surface area contributed by atoms with Gasteiger partial charge in [0.05, 0.1) is 5.69 Å². The molecule has 0 saturated carbocycles. The van der Waals surface area contributed by atoms with Crippen molar-refractivity contribution in [2.24, 2.45) is 0 Å². The highest BCUT2D eigenvalue weighted by Crippen LogP contribution is 2.24. The van der Waals surface area contributed by atoms with Crippen molar-refractivity contribution in [1.29, 1.82) is 0 Å². The summed E-state index contributed by atoms with van der Waals surface area (Å²) in [6.07, 6.45) is 0. The fraction of sp³-hybridized carbons (Fsp3) is 0. The van der Waals surface area contributed by atoms with Gasteiger partial charge in [0.1, 0.15) is 5.56 Å². The average molecular weight is 347 g/mol. The summed E-state index contributed by atoms with van der Waals surface area (Å²) in [5.74, 6) is -0.471. The van der Waals surface area contributed by atoms with E-state index < -0.39 is 11.5 Å². The Kier molecular flexibility index (Phi) is 3.87. The summed E-state index contributed by atoms with van der Waals surface area (Å²) in [4.78, 5) is 31.8. The number of hydrogen-bond acceptors (Lipinski definition) is 4. The maximum Gasteiger partial charge on any atom is 0.263 e. The van der Waals surface area contributed by atoms with E-state index in [2.05, 4.69) is 15.3 Å². The van der Waals surface area contributed by atoms with Crippen molar-refractivity contribution < 1.29 is 4.79 Å². The third kappa shape index (κ3) is 3.07. The topological polar surface area (TPSA) is 74.8 Å². The summed E-state index contributed by atoms with van der Waals surface area (Å²) in [7, 11) is 0. The fourth-order valence-electron chi connectivity index (χ4n) is 2.55. The largest absolute Gasteiger partial charge is 0.321 e. The summed E-state index contributed by atoms with van der Waals surface area (Å²) in [5.41, 5.74) is 2.10. The second-order valence-corrected chi connectivity index (χ2v) is 6.32. The molecular formula is C19H13N3O2S. The van der Waals surface area contributed by atoms with Gasteiger partial charge in [-0.3, -0.25) is 14.9 Å². The molecule has 25 heavy (non-hydrogen) atoms. The molecule has 2 aromatic carbocycles. The number of thiazole rings is 1. The van der Waals surface area contributed by atoms with E-state index in [0.717, 1.165) is 16.6 Å². The van der Waals surface area contributed by atoms with Crippen LogP contribution in [0.1, 0.15) is 10.4 Å². The lowest BCUT2D eigenvalue weighted by Crippen LogP contribution is -2.22. The van der Waals surface area contributed by atoms with Crippen molar-refractivity contribution >= 4 is 33.3 Å². The Bertz CT molecular complexity index is 1120. The van der Waals surface area contributed by atoms with Gasteiger partial charge in [-0.1, -0.05) is 48.5 Å². The van der Waals surface area contributed by atoms with Crippen LogP contribution in [0.2, 0.25) is 0 Å². The molecule has 0 fully saturated rings. The first-order valence-electron chi connectivity index (χ1n) is 7.65. The number of nitrogens with one attached hydrogen (secondary N) is 2. The molecule has 0 saturated heterocycles. The van der Waals surface area contributed by atoms with Gasteiger partial charge in [0.2, 0.25) is 0 Å². The lowest BCUT2D eigenvalue weighted by molar-refractivity contribution is 0.102. The molecule has 0 aliphatic carbocycles. The smallest absolute Gasteiger partial charge is 0.263 e. The third-order valence-corrected chi connectivity index (χ3v) is 4.55. The molecule has 0 radical (unpaired) electrons. The second-order valence-electron chi connectivity index (χ2n) is 5.46. The quantitative estimate of drug-likeness (QED) is 0.590. The van der Waals surface area contributed by atoms with Crippen molar-refractivity contribution in [3.63, 3.8) is 0 Å². The number of H-pyrrole nitrogens is 1. The zero-order chi connectivity index (χ0) is 17.2. The van der Waals surface area contributed by atoms with E-state index in [9.17, 15) is 9.59 Å². The molecule has 2 heterocycles. The van der Waals surface area contributed by atoms with E-state index in [1.54, 1.807) is 12.1 Å². The first kappa shape index (κ1) is 15.3. The molecule has 122 valence electrons. The first-order valence-corrected chi connectivity index (χ1v) is 8.53. The van der Waals surface area contributed by atoms with E-state index >= 15 is 0 Å². The molecule has 0 spiro atoms. The molecule has 2 N–H and O–H groups in total. The standard InChI is InChI=1S/C19H13N3O2S/c23-17-14(10-13-8-4-5-9-15(13)20-17)18(24)22-19-21-16(11-25-19)12-6-2-1-3-7-12/h1-11H,(H,20,23)(H,21,22,24). The van der Waals surface area contributed by atoms with E-state index in [4.69, 9.17) is 0 Å². The maximum atomic E-state index is 12.5. The number of para-hydroxylation sites is 1. The number of anilines is 1. The maximum absolute atomic E-state index is 12.5. The normalized spacial score (nSPS) is 10.7. The third-order valence-electron chi connectivity index (χ3n) is 3.79. The second kappa shape index (κ2) is 6.33. The molecule has 5 nitrogen and oxygen atoms in total. The number of amides is 1. The van der Waals surface area contributed by atoms with E-state index in [1.165, 1.54) is 11.3 Å². The van der Waals surface area contributed by atoms with Gasteiger partial charge in [0.25, 0.3) is 11.5 Å². The average Bonchev–Trinajstić information content (AvgIpc) is 3.10. The zero-order valence-electron chi connectivity index (χ0n) is 13.0. The van der Waals surface area contributed by atoms with Crippen LogP contribution in [-0.2, 0) is 0 Å². The molecular weight excluding hydrogens is 334 g/mol. The van der Waals surface area contributed by atoms with Crippen LogP contribution in [0.25, 0.3) is 22.2 Å². The summed E-state index contributed by atoms with van der Waals surface area (Å²) in [6, 6.07) is 18.6. The fourth-order valence-corrected chi connectivity index (χ4v) is 3.27. The summed E-state index contributed by atoms with van der Waals surface area (Å²) >= 11 is 1.32. The van der Waals surface area contributed by atoms with Crippen LogP contribution in [-0.4, -0.2) is 15.9 Å². The molecule has 0 aliphatic heterocycles. The predicted molar refractivity (Wildman–Crippen MR) is 100 cm³/mol. The van der Waals surface area contributed by atoms with E-state index in [-0.39, 0.29) is 5.56 Å². The Morgan fingerprint density at radius 1 is 1.04 bits per heavy atom. The van der Waals surface area contributed by atoms with E-state index in [1.807, 2.05) is 53.9 Å². The van der Waals surface area contributed by atoms with Crippen molar-refractivity contribution in [2.75, 3.05) is 5.32 Å². The monoisotopic (exact) mass is 347 g/mol. The van der Waals surface area contributed by atoms with Crippen LogP contribution in [0.15, 0.2) is 70.8 Å². The lowest BCUT2D eigenvalue weighted by Gasteiger charge is -2.03. The highest BCUT2D eigenvalue weighted by molar-refractivity contribution is 7.14. The number of rotatable bonds is 3. The number of carbonyl (C=O) groups is 1. The number of benzene rings is 2. The van der Waals surface area contributed by atoms with Crippen LogP contribution in [0, 0.1) is 0 Å². The van der Waals surface area contributed by atoms with Crippen molar-refractivity contribution in [1.82, 2.24) is 9.97 Å². The van der Waals surface area contributed by atoms with Crippen LogP contribution in [0.4, 0.5) is 5.13 Å². The predicted octanol–water partition coefficient (Wildman–Crippen LogP) is 3.90. The van der Waals surface area contributed by atoms with Crippen LogP contribution in [0.3, 0.4) is 0 Å². The van der Waals surface area contributed by atoms with Gasteiger partial charge < -0.3 is 4.98 Å². The van der Waals surface area contributed by atoms with Gasteiger partial charge in [-0.05, 0) is 17.5 Å². The molecule has 1 amide bonds. The minimum atomic E-state index is -0.471. The number of carbonyl (C=O) groups excluding carboxylic acids is 1. The van der Waals surface area contributed by atoms with Crippen molar-refractivity contribution in [3.05, 3.63) is 82.0 Å². The molecule has 6 heteroatoms. The number of pyridine rings is 1. The number of hydrogen-bond donors (Lipinski definition) is 2. The SMILES string of the molecule is O=C(Nc1nc(-c2ccccc2)cs1)c1cc2ccccc2[nH]c1=O.